The number of methoxy groups -OCH3 is 1. The molecule has 128 valence electrons. The van der Waals surface area contributed by atoms with Crippen molar-refractivity contribution in [3.05, 3.63) is 32.6 Å². The van der Waals surface area contributed by atoms with Crippen LogP contribution in [-0.2, 0) is 18.7 Å². The fourth-order valence-electron chi connectivity index (χ4n) is 3.14. The Labute approximate surface area is 131 Å². The van der Waals surface area contributed by atoms with Gasteiger partial charge in [-0.1, -0.05) is 0 Å². The summed E-state index contributed by atoms with van der Waals surface area (Å²) in [4.78, 5) is 44.4. The Morgan fingerprint density at radius 1 is 1.39 bits per heavy atom. The number of nitrogens with zero attached hydrogens (tertiary/aromatic N) is 1. The standard InChI is InChI=1S/C12H17N2O8P/c1-3-20-8-9-7(22-23(17)18)5-4-6(15)13-12(16)14(5)11(21-9)10(8)19-2/h4,7-11,17-18H,3H2,1-2H3,(H,13,15,16)/t7-,8?,9+,10?,11+/m0/s1. The van der Waals surface area contributed by atoms with E-state index in [1.54, 1.807) is 6.92 Å². The molecule has 0 radical (unpaired) electrons. The van der Waals surface area contributed by atoms with Gasteiger partial charge in [0.1, 0.15) is 24.4 Å². The fraction of sp³-hybridized carbons (Fsp3) is 0.667. The molecule has 1 aromatic heterocycles. The van der Waals surface area contributed by atoms with Gasteiger partial charge in [0.15, 0.2) is 6.23 Å². The molecule has 3 heterocycles. The van der Waals surface area contributed by atoms with Gasteiger partial charge >= 0.3 is 14.3 Å². The van der Waals surface area contributed by atoms with E-state index in [2.05, 4.69) is 4.98 Å². The summed E-state index contributed by atoms with van der Waals surface area (Å²) in [5, 5.41) is 0. The zero-order valence-corrected chi connectivity index (χ0v) is 13.3. The molecule has 3 N–H and O–H groups in total. The topological polar surface area (TPSA) is 132 Å². The van der Waals surface area contributed by atoms with Crippen molar-refractivity contribution < 1.29 is 28.5 Å². The maximum atomic E-state index is 12.2. The van der Waals surface area contributed by atoms with Crippen molar-refractivity contribution in [3.8, 4) is 0 Å². The van der Waals surface area contributed by atoms with Crippen LogP contribution in [0.4, 0.5) is 0 Å². The Morgan fingerprint density at radius 3 is 2.74 bits per heavy atom. The number of hydrogen-bond donors (Lipinski definition) is 3. The van der Waals surface area contributed by atoms with E-state index in [1.807, 2.05) is 0 Å². The first kappa shape index (κ1) is 16.7. The Balaban J connectivity index is 2.15. The van der Waals surface area contributed by atoms with Gasteiger partial charge in [0.05, 0.1) is 5.69 Å². The minimum absolute atomic E-state index is 0.194. The highest BCUT2D eigenvalue weighted by Crippen LogP contribution is 2.48. The summed E-state index contributed by atoms with van der Waals surface area (Å²) < 4.78 is 23.2. The molecule has 0 amide bonds. The second-order valence-electron chi connectivity index (χ2n) is 5.12. The van der Waals surface area contributed by atoms with Crippen molar-refractivity contribution in [2.24, 2.45) is 0 Å². The monoisotopic (exact) mass is 348 g/mol. The van der Waals surface area contributed by atoms with Gasteiger partial charge in [0.2, 0.25) is 0 Å². The Kier molecular flexibility index (Phi) is 4.65. The number of hydrogen-bond acceptors (Lipinski definition) is 8. The maximum Gasteiger partial charge on any atom is 0.330 e. The summed E-state index contributed by atoms with van der Waals surface area (Å²) in [5.41, 5.74) is -1.11. The van der Waals surface area contributed by atoms with E-state index < -0.39 is 50.5 Å². The third-order valence-corrected chi connectivity index (χ3v) is 4.33. The summed E-state index contributed by atoms with van der Waals surface area (Å²) in [6.45, 7) is 2.15. The quantitative estimate of drug-likeness (QED) is 0.586. The Hall–Kier alpha value is -1.13. The third-order valence-electron chi connectivity index (χ3n) is 3.91. The van der Waals surface area contributed by atoms with Crippen molar-refractivity contribution in [2.75, 3.05) is 13.7 Å². The molecule has 2 aliphatic heterocycles. The van der Waals surface area contributed by atoms with Crippen LogP contribution < -0.4 is 11.2 Å². The number of aromatic nitrogens is 2. The van der Waals surface area contributed by atoms with Crippen LogP contribution in [0.25, 0.3) is 0 Å². The highest BCUT2D eigenvalue weighted by atomic mass is 31.2. The van der Waals surface area contributed by atoms with Crippen molar-refractivity contribution >= 4 is 8.60 Å². The van der Waals surface area contributed by atoms with Crippen LogP contribution in [0.3, 0.4) is 0 Å². The summed E-state index contributed by atoms with van der Waals surface area (Å²) in [7, 11) is -1.28. The predicted molar refractivity (Wildman–Crippen MR) is 76.6 cm³/mol. The van der Waals surface area contributed by atoms with E-state index in [-0.39, 0.29) is 5.69 Å². The molecule has 2 aliphatic rings. The zero-order valence-electron chi connectivity index (χ0n) is 12.4. The molecule has 1 saturated heterocycles. The lowest BCUT2D eigenvalue weighted by Gasteiger charge is -2.32. The second kappa shape index (κ2) is 6.40. The lowest BCUT2D eigenvalue weighted by Crippen LogP contribution is -2.42. The molecule has 2 unspecified atom stereocenters. The van der Waals surface area contributed by atoms with Crippen LogP contribution in [0.1, 0.15) is 24.9 Å². The molecule has 0 aromatic carbocycles. The minimum Gasteiger partial charge on any atom is -0.374 e. The average molecular weight is 348 g/mol. The molecular weight excluding hydrogens is 331 g/mol. The van der Waals surface area contributed by atoms with Crippen molar-refractivity contribution in [1.29, 1.82) is 0 Å². The zero-order chi connectivity index (χ0) is 16.7. The number of fused-ring (bicyclic) bond motifs is 4. The van der Waals surface area contributed by atoms with Gasteiger partial charge < -0.3 is 24.0 Å². The molecule has 0 saturated carbocycles. The number of rotatable bonds is 5. The SMILES string of the molecule is CCOC1C(OC)[C@H]2O[C@@H]1[C@@H](OP(O)O)c1cc(=O)[nH]c(=O)n12. The van der Waals surface area contributed by atoms with Crippen LogP contribution >= 0.6 is 8.60 Å². The number of H-pyrrole nitrogens is 1. The van der Waals surface area contributed by atoms with Crippen LogP contribution in [-0.4, -0.2) is 51.4 Å². The smallest absolute Gasteiger partial charge is 0.330 e. The van der Waals surface area contributed by atoms with E-state index in [9.17, 15) is 19.4 Å². The Morgan fingerprint density at radius 2 is 2.13 bits per heavy atom. The van der Waals surface area contributed by atoms with Gasteiger partial charge in [-0.05, 0) is 6.92 Å². The molecule has 11 heteroatoms. The van der Waals surface area contributed by atoms with E-state index in [1.165, 1.54) is 17.7 Å². The number of ether oxygens (including phenoxy) is 3. The molecule has 1 fully saturated rings. The first-order chi connectivity index (χ1) is 11.0. The molecule has 23 heavy (non-hydrogen) atoms. The molecule has 3 rings (SSSR count). The van der Waals surface area contributed by atoms with E-state index in [0.29, 0.717) is 6.61 Å². The molecular formula is C12H17N2O8P. The summed E-state index contributed by atoms with van der Waals surface area (Å²) in [6.07, 6.45) is -3.79. The predicted octanol–water partition coefficient (Wildman–Crippen LogP) is -0.863. The number of aromatic amines is 1. The van der Waals surface area contributed by atoms with Gasteiger partial charge in [-0.25, -0.2) is 4.79 Å². The minimum atomic E-state index is -2.73. The number of nitrogens with one attached hydrogen (secondary N) is 1. The molecule has 2 bridgehead atoms. The first-order valence-electron chi connectivity index (χ1n) is 6.98. The normalized spacial score (nSPS) is 32.3. The van der Waals surface area contributed by atoms with Crippen LogP contribution in [0, 0.1) is 0 Å². The van der Waals surface area contributed by atoms with Gasteiger partial charge in [-0.2, -0.15) is 0 Å². The molecule has 0 spiro atoms. The first-order valence-corrected chi connectivity index (χ1v) is 8.14. The molecule has 10 nitrogen and oxygen atoms in total. The van der Waals surface area contributed by atoms with E-state index >= 15 is 0 Å². The van der Waals surface area contributed by atoms with Gasteiger partial charge in [-0.3, -0.25) is 18.9 Å². The van der Waals surface area contributed by atoms with Gasteiger partial charge in [0.25, 0.3) is 5.56 Å². The maximum absolute atomic E-state index is 12.2. The van der Waals surface area contributed by atoms with E-state index in [0.717, 1.165) is 0 Å². The highest BCUT2D eigenvalue weighted by Gasteiger charge is 2.56. The largest absolute Gasteiger partial charge is 0.374 e. The van der Waals surface area contributed by atoms with E-state index in [4.69, 9.17) is 18.7 Å². The van der Waals surface area contributed by atoms with Gasteiger partial charge in [0, 0.05) is 19.8 Å². The molecule has 0 aliphatic carbocycles. The lowest BCUT2D eigenvalue weighted by molar-refractivity contribution is -0.116. The van der Waals surface area contributed by atoms with Gasteiger partial charge in [-0.15, -0.1) is 0 Å². The van der Waals surface area contributed by atoms with Crippen LogP contribution in [0.2, 0.25) is 0 Å². The lowest BCUT2D eigenvalue weighted by atomic mass is 10.0. The Bertz CT molecular complexity index is 688. The summed E-state index contributed by atoms with van der Waals surface area (Å²) in [6, 6.07) is 1.18. The summed E-state index contributed by atoms with van der Waals surface area (Å²) in [5.74, 6) is 0. The van der Waals surface area contributed by atoms with Crippen LogP contribution in [0.15, 0.2) is 15.7 Å². The van der Waals surface area contributed by atoms with Crippen molar-refractivity contribution in [1.82, 2.24) is 9.55 Å². The highest BCUT2D eigenvalue weighted by molar-refractivity contribution is 7.39. The summed E-state index contributed by atoms with van der Waals surface area (Å²) >= 11 is 0. The molecule has 1 aromatic rings. The second-order valence-corrected chi connectivity index (χ2v) is 5.84. The fourth-order valence-corrected chi connectivity index (χ4v) is 3.57. The van der Waals surface area contributed by atoms with Crippen molar-refractivity contribution in [2.45, 2.75) is 37.6 Å². The van der Waals surface area contributed by atoms with Crippen molar-refractivity contribution in [3.63, 3.8) is 0 Å². The third kappa shape index (κ3) is 2.76. The molecule has 5 atom stereocenters. The average Bonchev–Trinajstić information content (AvgIpc) is 2.77. The van der Waals surface area contributed by atoms with Crippen LogP contribution in [0.5, 0.6) is 0 Å².